The number of aliphatic hydroxyl groups excluding tert-OH is 1. The van der Waals surface area contributed by atoms with Gasteiger partial charge in [0, 0.05) is 6.04 Å². The Morgan fingerprint density at radius 1 is 1.54 bits per heavy atom. The lowest BCUT2D eigenvalue weighted by Gasteiger charge is -2.32. The Hall–Kier alpha value is -0.320. The molecule has 2 rings (SSSR count). The van der Waals surface area contributed by atoms with E-state index in [1.807, 2.05) is 12.1 Å². The molecule has 2 unspecified atom stereocenters. The van der Waals surface area contributed by atoms with Gasteiger partial charge in [-0.25, -0.2) is 0 Å². The van der Waals surface area contributed by atoms with Gasteiger partial charge < -0.3 is 14.8 Å². The molecule has 4 heteroatoms. The molecule has 0 spiro atoms. The maximum absolute atomic E-state index is 9.29. The van der Waals surface area contributed by atoms with Crippen LogP contribution >= 0.6 is 15.9 Å². The first kappa shape index (κ1) is 9.24. The number of halogens is 1. The lowest BCUT2D eigenvalue weighted by atomic mass is 9.89. The van der Waals surface area contributed by atoms with Gasteiger partial charge in [0.1, 0.15) is 5.76 Å². The molecule has 1 aliphatic carbocycles. The van der Waals surface area contributed by atoms with E-state index in [0.29, 0.717) is 6.54 Å². The van der Waals surface area contributed by atoms with E-state index in [4.69, 9.17) is 4.42 Å². The molecule has 0 aliphatic heterocycles. The van der Waals surface area contributed by atoms with E-state index >= 15 is 0 Å². The molecule has 1 fully saturated rings. The zero-order valence-electron chi connectivity index (χ0n) is 7.16. The Labute approximate surface area is 85.3 Å². The Morgan fingerprint density at radius 2 is 2.38 bits per heavy atom. The monoisotopic (exact) mass is 245 g/mol. The second kappa shape index (κ2) is 3.82. The number of aliphatic hydroxyl groups is 1. The van der Waals surface area contributed by atoms with Crippen LogP contribution in [0.15, 0.2) is 21.2 Å². The summed E-state index contributed by atoms with van der Waals surface area (Å²) in [5, 5.41) is 12.5. The molecule has 1 aromatic heterocycles. The van der Waals surface area contributed by atoms with Crippen molar-refractivity contribution in [3.63, 3.8) is 0 Å². The fourth-order valence-electron chi connectivity index (χ4n) is 1.40. The van der Waals surface area contributed by atoms with Crippen molar-refractivity contribution in [1.29, 1.82) is 0 Å². The van der Waals surface area contributed by atoms with Gasteiger partial charge in [-0.1, -0.05) is 0 Å². The van der Waals surface area contributed by atoms with Gasteiger partial charge in [0.25, 0.3) is 0 Å². The van der Waals surface area contributed by atoms with Gasteiger partial charge in [0.2, 0.25) is 0 Å². The van der Waals surface area contributed by atoms with Gasteiger partial charge in [0.15, 0.2) is 4.67 Å². The summed E-state index contributed by atoms with van der Waals surface area (Å²) in [7, 11) is 0. The molecule has 1 saturated carbocycles. The predicted molar refractivity (Wildman–Crippen MR) is 52.3 cm³/mol. The van der Waals surface area contributed by atoms with Crippen LogP contribution in [0.2, 0.25) is 0 Å². The molecule has 0 radical (unpaired) electrons. The SMILES string of the molecule is OC1CCC1NCc1ccc(Br)o1. The van der Waals surface area contributed by atoms with Crippen LogP contribution in [0.1, 0.15) is 18.6 Å². The minimum Gasteiger partial charge on any atom is -0.453 e. The maximum Gasteiger partial charge on any atom is 0.169 e. The van der Waals surface area contributed by atoms with Crippen molar-refractivity contribution in [2.24, 2.45) is 0 Å². The van der Waals surface area contributed by atoms with Gasteiger partial charge >= 0.3 is 0 Å². The molecule has 2 atom stereocenters. The van der Waals surface area contributed by atoms with E-state index in [9.17, 15) is 5.11 Å². The van der Waals surface area contributed by atoms with Crippen molar-refractivity contribution in [3.05, 3.63) is 22.6 Å². The minimum absolute atomic E-state index is 0.168. The number of hydrogen-bond acceptors (Lipinski definition) is 3. The Kier molecular flexibility index (Phi) is 2.71. The smallest absolute Gasteiger partial charge is 0.169 e. The average molecular weight is 246 g/mol. The highest BCUT2D eigenvalue weighted by atomic mass is 79.9. The number of rotatable bonds is 3. The molecule has 2 N–H and O–H groups in total. The topological polar surface area (TPSA) is 45.4 Å². The Balaban J connectivity index is 1.79. The minimum atomic E-state index is -0.168. The molecule has 0 aromatic carbocycles. The summed E-state index contributed by atoms with van der Waals surface area (Å²) in [5.74, 6) is 0.894. The van der Waals surface area contributed by atoms with E-state index in [0.717, 1.165) is 23.3 Å². The zero-order valence-corrected chi connectivity index (χ0v) is 8.75. The van der Waals surface area contributed by atoms with Crippen LogP contribution in [0.25, 0.3) is 0 Å². The molecule has 0 bridgehead atoms. The molecule has 1 aliphatic rings. The highest BCUT2D eigenvalue weighted by Crippen LogP contribution is 2.20. The highest BCUT2D eigenvalue weighted by molar-refractivity contribution is 9.10. The molecule has 13 heavy (non-hydrogen) atoms. The second-order valence-electron chi connectivity index (χ2n) is 3.34. The lowest BCUT2D eigenvalue weighted by molar-refractivity contribution is 0.0484. The lowest BCUT2D eigenvalue weighted by Crippen LogP contribution is -2.47. The van der Waals surface area contributed by atoms with Crippen LogP contribution in [-0.4, -0.2) is 17.3 Å². The Bertz CT molecular complexity index is 287. The van der Waals surface area contributed by atoms with Crippen LogP contribution in [0.3, 0.4) is 0 Å². The van der Waals surface area contributed by atoms with Gasteiger partial charge in [0.05, 0.1) is 12.6 Å². The van der Waals surface area contributed by atoms with Crippen LogP contribution in [0, 0.1) is 0 Å². The van der Waals surface area contributed by atoms with Gasteiger partial charge in [-0.3, -0.25) is 0 Å². The summed E-state index contributed by atoms with van der Waals surface area (Å²) in [4.78, 5) is 0. The standard InChI is InChI=1S/C9H12BrNO2/c10-9-4-1-6(13-9)5-11-7-2-3-8(7)12/h1,4,7-8,11-12H,2-3,5H2. The van der Waals surface area contributed by atoms with Gasteiger partial charge in [-0.2, -0.15) is 0 Å². The zero-order chi connectivity index (χ0) is 9.26. The normalized spacial score (nSPS) is 27.2. The number of furan rings is 1. The van der Waals surface area contributed by atoms with Gasteiger partial charge in [-0.15, -0.1) is 0 Å². The molecular formula is C9H12BrNO2. The Morgan fingerprint density at radius 3 is 2.85 bits per heavy atom. The summed E-state index contributed by atoms with van der Waals surface area (Å²) in [6, 6.07) is 4.04. The van der Waals surface area contributed by atoms with Gasteiger partial charge in [-0.05, 0) is 40.9 Å². The molecular weight excluding hydrogens is 234 g/mol. The van der Waals surface area contributed by atoms with E-state index in [2.05, 4.69) is 21.2 Å². The molecule has 3 nitrogen and oxygen atoms in total. The molecule has 1 aromatic rings. The second-order valence-corrected chi connectivity index (χ2v) is 4.12. The number of hydrogen-bond donors (Lipinski definition) is 2. The molecule has 0 saturated heterocycles. The van der Waals surface area contributed by atoms with Crippen LogP contribution < -0.4 is 5.32 Å². The van der Waals surface area contributed by atoms with Crippen LogP contribution in [0.5, 0.6) is 0 Å². The van der Waals surface area contributed by atoms with Crippen molar-refractivity contribution >= 4 is 15.9 Å². The molecule has 72 valence electrons. The fourth-order valence-corrected chi connectivity index (χ4v) is 1.74. The first-order valence-electron chi connectivity index (χ1n) is 4.41. The summed E-state index contributed by atoms with van der Waals surface area (Å²) < 4.78 is 6.06. The third-order valence-corrected chi connectivity index (χ3v) is 2.83. The summed E-state index contributed by atoms with van der Waals surface area (Å²) in [5.41, 5.74) is 0. The third-order valence-electron chi connectivity index (χ3n) is 2.41. The number of nitrogens with one attached hydrogen (secondary N) is 1. The van der Waals surface area contributed by atoms with Crippen molar-refractivity contribution in [1.82, 2.24) is 5.32 Å². The van der Waals surface area contributed by atoms with E-state index in [1.165, 1.54) is 0 Å². The van der Waals surface area contributed by atoms with Crippen molar-refractivity contribution in [2.45, 2.75) is 31.5 Å². The largest absolute Gasteiger partial charge is 0.453 e. The van der Waals surface area contributed by atoms with E-state index in [-0.39, 0.29) is 12.1 Å². The third kappa shape index (κ3) is 2.13. The quantitative estimate of drug-likeness (QED) is 0.852. The fraction of sp³-hybridized carbons (Fsp3) is 0.556. The summed E-state index contributed by atoms with van der Waals surface area (Å²) in [6.45, 7) is 0.688. The van der Waals surface area contributed by atoms with E-state index in [1.54, 1.807) is 0 Å². The highest BCUT2D eigenvalue weighted by Gasteiger charge is 2.28. The predicted octanol–water partition coefficient (Wildman–Crippen LogP) is 1.65. The summed E-state index contributed by atoms with van der Waals surface area (Å²) in [6.07, 6.45) is 1.81. The van der Waals surface area contributed by atoms with Crippen molar-refractivity contribution in [2.75, 3.05) is 0 Å². The van der Waals surface area contributed by atoms with Crippen molar-refractivity contribution < 1.29 is 9.52 Å². The van der Waals surface area contributed by atoms with Crippen LogP contribution in [0.4, 0.5) is 0 Å². The molecule has 1 heterocycles. The summed E-state index contributed by atoms with van der Waals surface area (Å²) >= 11 is 3.24. The van der Waals surface area contributed by atoms with Crippen molar-refractivity contribution in [3.8, 4) is 0 Å². The van der Waals surface area contributed by atoms with Crippen LogP contribution in [-0.2, 0) is 6.54 Å². The van der Waals surface area contributed by atoms with E-state index < -0.39 is 0 Å². The molecule has 0 amide bonds. The maximum atomic E-state index is 9.29. The first-order chi connectivity index (χ1) is 6.25. The first-order valence-corrected chi connectivity index (χ1v) is 5.20. The average Bonchev–Trinajstić information content (AvgIpc) is 2.49.